The number of nitrogens with one attached hydrogen (secondary N) is 1. The highest BCUT2D eigenvalue weighted by Crippen LogP contribution is 2.52. The number of H-pyrrole nitrogens is 1. The fraction of sp³-hybridized carbons (Fsp3) is 0.545. The Kier molecular flexibility index (Phi) is 4.00. The van der Waals surface area contributed by atoms with Gasteiger partial charge < -0.3 is 10.1 Å². The minimum atomic E-state index is -1.02. The van der Waals surface area contributed by atoms with Crippen LogP contribution >= 0.6 is 0 Å². The summed E-state index contributed by atoms with van der Waals surface area (Å²) in [6.45, 7) is 10.6. The standard InChI is InChI=1S/C22H28N2O3/c1-13-17(10-24-12-22(4)9-14(24)8-21(2,3)11-22)19(25)15-6-5-7-16(20(26)27)18(15)23-13/h5-7,14H,8-12H2,1-4H3,(H,23,25)(H,26,27). The van der Waals surface area contributed by atoms with Crippen molar-refractivity contribution in [2.75, 3.05) is 6.54 Å². The van der Waals surface area contributed by atoms with Gasteiger partial charge in [0.15, 0.2) is 5.43 Å². The summed E-state index contributed by atoms with van der Waals surface area (Å²) in [5.74, 6) is -1.02. The van der Waals surface area contributed by atoms with Crippen molar-refractivity contribution in [3.8, 4) is 0 Å². The second-order valence-corrected chi connectivity index (χ2v) is 9.71. The number of pyridine rings is 1. The molecule has 2 heterocycles. The molecular formula is C22H28N2O3. The summed E-state index contributed by atoms with van der Waals surface area (Å²) in [7, 11) is 0. The number of carbonyl (C=O) groups is 1. The van der Waals surface area contributed by atoms with Gasteiger partial charge in [-0.1, -0.05) is 26.8 Å². The van der Waals surface area contributed by atoms with E-state index in [2.05, 4.69) is 30.7 Å². The number of carboxylic acids is 1. The van der Waals surface area contributed by atoms with Crippen molar-refractivity contribution in [1.82, 2.24) is 9.88 Å². The van der Waals surface area contributed by atoms with Crippen LogP contribution in [-0.2, 0) is 6.54 Å². The van der Waals surface area contributed by atoms with Crippen molar-refractivity contribution in [2.24, 2.45) is 10.8 Å². The Bertz CT molecular complexity index is 991. The van der Waals surface area contributed by atoms with E-state index in [9.17, 15) is 14.7 Å². The molecule has 1 aliphatic carbocycles. The van der Waals surface area contributed by atoms with E-state index in [1.54, 1.807) is 12.1 Å². The summed E-state index contributed by atoms with van der Waals surface area (Å²) in [6, 6.07) is 5.41. The van der Waals surface area contributed by atoms with E-state index in [0.29, 0.717) is 34.3 Å². The molecule has 5 nitrogen and oxygen atoms in total. The molecule has 5 heteroatoms. The number of para-hydroxylation sites is 1. The molecule has 0 amide bonds. The summed E-state index contributed by atoms with van der Waals surface area (Å²) in [5.41, 5.74) is 2.71. The number of rotatable bonds is 3. The van der Waals surface area contributed by atoms with Crippen LogP contribution in [0.25, 0.3) is 10.9 Å². The van der Waals surface area contributed by atoms with Crippen LogP contribution in [0.5, 0.6) is 0 Å². The lowest BCUT2D eigenvalue weighted by atomic mass is 9.65. The maximum absolute atomic E-state index is 13.2. The molecule has 2 atom stereocenters. The number of hydrogen-bond donors (Lipinski definition) is 2. The smallest absolute Gasteiger partial charge is 0.337 e. The molecule has 2 fully saturated rings. The van der Waals surface area contributed by atoms with Gasteiger partial charge in [-0.05, 0) is 49.1 Å². The molecule has 27 heavy (non-hydrogen) atoms. The molecule has 0 spiro atoms. The molecule has 2 N–H and O–H groups in total. The van der Waals surface area contributed by atoms with Crippen molar-refractivity contribution in [3.05, 3.63) is 45.2 Å². The summed E-state index contributed by atoms with van der Waals surface area (Å²) in [6.07, 6.45) is 3.59. The Morgan fingerprint density at radius 1 is 1.30 bits per heavy atom. The van der Waals surface area contributed by atoms with Crippen LogP contribution in [0, 0.1) is 17.8 Å². The Morgan fingerprint density at radius 2 is 2.04 bits per heavy atom. The average molecular weight is 368 g/mol. The molecule has 2 aliphatic rings. The molecule has 2 bridgehead atoms. The molecule has 2 unspecified atom stereocenters. The van der Waals surface area contributed by atoms with Crippen LogP contribution in [0.1, 0.15) is 61.6 Å². The van der Waals surface area contributed by atoms with E-state index in [4.69, 9.17) is 0 Å². The second kappa shape index (κ2) is 5.93. The third-order valence-corrected chi connectivity index (χ3v) is 6.46. The lowest BCUT2D eigenvalue weighted by molar-refractivity contribution is 0.0698. The summed E-state index contributed by atoms with van der Waals surface area (Å²) in [5, 5.41) is 9.88. The van der Waals surface area contributed by atoms with Gasteiger partial charge in [-0.3, -0.25) is 9.69 Å². The van der Waals surface area contributed by atoms with Gasteiger partial charge in [0.25, 0.3) is 0 Å². The number of aromatic amines is 1. The first-order valence-corrected chi connectivity index (χ1v) is 9.70. The number of carboxylic acid groups (broad SMARTS) is 1. The van der Waals surface area contributed by atoms with Crippen molar-refractivity contribution < 1.29 is 9.90 Å². The maximum atomic E-state index is 13.2. The van der Waals surface area contributed by atoms with Gasteiger partial charge in [-0.15, -0.1) is 0 Å². The first kappa shape index (κ1) is 18.2. The molecular weight excluding hydrogens is 340 g/mol. The minimum Gasteiger partial charge on any atom is -0.478 e. The highest BCUT2D eigenvalue weighted by atomic mass is 16.4. The quantitative estimate of drug-likeness (QED) is 0.861. The van der Waals surface area contributed by atoms with Crippen molar-refractivity contribution in [2.45, 2.75) is 59.5 Å². The first-order chi connectivity index (χ1) is 12.6. The predicted octanol–water partition coefficient (Wildman–Crippen LogP) is 3.94. The largest absolute Gasteiger partial charge is 0.478 e. The van der Waals surface area contributed by atoms with Crippen LogP contribution in [-0.4, -0.2) is 33.5 Å². The number of likely N-dealkylation sites (tertiary alicyclic amines) is 1. The van der Waals surface area contributed by atoms with Crippen LogP contribution in [0.15, 0.2) is 23.0 Å². The van der Waals surface area contributed by atoms with Gasteiger partial charge in [-0.25, -0.2) is 4.79 Å². The van der Waals surface area contributed by atoms with E-state index in [1.807, 2.05) is 6.92 Å². The van der Waals surface area contributed by atoms with Gasteiger partial charge in [0.1, 0.15) is 0 Å². The SMILES string of the molecule is Cc1[nH]c2c(C(=O)O)cccc2c(=O)c1CN1CC2(C)CC1CC(C)(C)C2. The van der Waals surface area contributed by atoms with Crippen molar-refractivity contribution in [3.63, 3.8) is 0 Å². The van der Waals surface area contributed by atoms with Crippen LogP contribution < -0.4 is 5.43 Å². The summed E-state index contributed by atoms with van der Waals surface area (Å²) < 4.78 is 0. The number of aryl methyl sites for hydroxylation is 1. The molecule has 1 aliphatic heterocycles. The molecule has 144 valence electrons. The Labute approximate surface area is 159 Å². The van der Waals surface area contributed by atoms with Gasteiger partial charge in [0.05, 0.1) is 11.1 Å². The van der Waals surface area contributed by atoms with Gasteiger partial charge >= 0.3 is 5.97 Å². The van der Waals surface area contributed by atoms with Gasteiger partial charge in [0.2, 0.25) is 0 Å². The molecule has 1 aromatic carbocycles. The normalized spacial score (nSPS) is 27.2. The zero-order chi connectivity index (χ0) is 19.6. The molecule has 0 radical (unpaired) electrons. The van der Waals surface area contributed by atoms with Crippen LogP contribution in [0.2, 0.25) is 0 Å². The number of aromatic nitrogens is 1. The molecule has 1 saturated heterocycles. The first-order valence-electron chi connectivity index (χ1n) is 9.70. The number of hydrogen-bond acceptors (Lipinski definition) is 3. The zero-order valence-electron chi connectivity index (χ0n) is 16.6. The van der Waals surface area contributed by atoms with E-state index in [1.165, 1.54) is 18.9 Å². The highest BCUT2D eigenvalue weighted by Gasteiger charge is 2.49. The Morgan fingerprint density at radius 3 is 2.74 bits per heavy atom. The fourth-order valence-electron chi connectivity index (χ4n) is 5.81. The third-order valence-electron chi connectivity index (χ3n) is 6.46. The van der Waals surface area contributed by atoms with E-state index in [0.717, 1.165) is 24.2 Å². The topological polar surface area (TPSA) is 73.4 Å². The fourth-order valence-corrected chi connectivity index (χ4v) is 5.81. The van der Waals surface area contributed by atoms with Crippen LogP contribution in [0.3, 0.4) is 0 Å². The summed E-state index contributed by atoms with van der Waals surface area (Å²) >= 11 is 0. The molecule has 2 aromatic rings. The monoisotopic (exact) mass is 368 g/mol. The van der Waals surface area contributed by atoms with Crippen molar-refractivity contribution >= 4 is 16.9 Å². The van der Waals surface area contributed by atoms with Crippen LogP contribution in [0.4, 0.5) is 0 Å². The average Bonchev–Trinajstić information content (AvgIpc) is 2.79. The predicted molar refractivity (Wildman–Crippen MR) is 106 cm³/mol. The minimum absolute atomic E-state index is 0.0461. The number of fused-ring (bicyclic) bond motifs is 3. The molecule has 1 saturated carbocycles. The Balaban J connectivity index is 1.74. The van der Waals surface area contributed by atoms with Gasteiger partial charge in [0, 0.05) is 35.8 Å². The summed E-state index contributed by atoms with van der Waals surface area (Å²) in [4.78, 5) is 30.3. The lowest BCUT2D eigenvalue weighted by Gasteiger charge is -2.40. The third kappa shape index (κ3) is 3.08. The van der Waals surface area contributed by atoms with E-state index in [-0.39, 0.29) is 11.0 Å². The number of benzene rings is 1. The van der Waals surface area contributed by atoms with E-state index >= 15 is 0 Å². The van der Waals surface area contributed by atoms with Gasteiger partial charge in [-0.2, -0.15) is 0 Å². The molecule has 4 rings (SSSR count). The van der Waals surface area contributed by atoms with E-state index < -0.39 is 5.97 Å². The zero-order valence-corrected chi connectivity index (χ0v) is 16.6. The van der Waals surface area contributed by atoms with Crippen molar-refractivity contribution in [1.29, 1.82) is 0 Å². The lowest BCUT2D eigenvalue weighted by Crippen LogP contribution is -2.35. The number of nitrogens with zero attached hydrogens (tertiary/aromatic N) is 1. The molecule has 1 aromatic heterocycles. The maximum Gasteiger partial charge on any atom is 0.337 e. The Hall–Kier alpha value is -2.14. The number of aromatic carboxylic acids is 1. The highest BCUT2D eigenvalue weighted by molar-refractivity contribution is 6.01. The second-order valence-electron chi connectivity index (χ2n) is 9.71.